The molecule has 0 unspecified atom stereocenters. The van der Waals surface area contributed by atoms with Gasteiger partial charge in [-0.1, -0.05) is 37.0 Å². The largest absolute Gasteiger partial charge is 0.326 e. The second kappa shape index (κ2) is 7.50. The topological polar surface area (TPSA) is 29.1 Å². The van der Waals surface area contributed by atoms with Gasteiger partial charge in [-0.05, 0) is 56.0 Å². The first-order valence-electron chi connectivity index (χ1n) is 7.45. The summed E-state index contributed by atoms with van der Waals surface area (Å²) in [5, 5.41) is 2.92. The highest BCUT2D eigenvalue weighted by molar-refractivity contribution is 5.94. The lowest BCUT2D eigenvalue weighted by Gasteiger charge is -2.03. The van der Waals surface area contributed by atoms with Gasteiger partial charge in [-0.15, -0.1) is 0 Å². The van der Waals surface area contributed by atoms with Crippen molar-refractivity contribution in [2.75, 3.05) is 5.32 Å². The minimum Gasteiger partial charge on any atom is -0.326 e. The van der Waals surface area contributed by atoms with Crippen LogP contribution < -0.4 is 5.32 Å². The molecule has 108 valence electrons. The number of hydrogen-bond donors (Lipinski definition) is 1. The molecule has 1 N–H and O–H groups in total. The van der Waals surface area contributed by atoms with Crippen LogP contribution in [0.3, 0.4) is 0 Å². The van der Waals surface area contributed by atoms with Crippen molar-refractivity contribution in [1.82, 2.24) is 0 Å². The van der Waals surface area contributed by atoms with Crippen LogP contribution >= 0.6 is 0 Å². The summed E-state index contributed by atoms with van der Waals surface area (Å²) in [5.74, 6) is 6.61. The molecule has 1 fully saturated rings. The van der Waals surface area contributed by atoms with Gasteiger partial charge in [0, 0.05) is 17.2 Å². The van der Waals surface area contributed by atoms with Crippen LogP contribution in [-0.4, -0.2) is 5.91 Å². The van der Waals surface area contributed by atoms with Crippen LogP contribution in [0.2, 0.25) is 0 Å². The molecule has 0 bridgehead atoms. The van der Waals surface area contributed by atoms with Crippen molar-refractivity contribution >= 4 is 11.6 Å². The van der Waals surface area contributed by atoms with Crippen molar-refractivity contribution < 1.29 is 4.79 Å². The summed E-state index contributed by atoms with van der Waals surface area (Å²) in [6.07, 6.45) is 9.22. The monoisotopic (exact) mass is 279 g/mol. The molecule has 0 atom stereocenters. The Morgan fingerprint density at radius 1 is 1.33 bits per heavy atom. The molecule has 1 saturated carbocycles. The molecule has 1 aromatic rings. The van der Waals surface area contributed by atoms with E-state index >= 15 is 0 Å². The van der Waals surface area contributed by atoms with Crippen LogP contribution in [-0.2, 0) is 4.79 Å². The van der Waals surface area contributed by atoms with E-state index in [0.29, 0.717) is 0 Å². The fourth-order valence-electron chi connectivity index (χ4n) is 1.79. The van der Waals surface area contributed by atoms with Crippen molar-refractivity contribution in [2.45, 2.75) is 33.1 Å². The Labute approximate surface area is 127 Å². The lowest BCUT2D eigenvalue weighted by atomic mass is 10.2. The molecule has 1 amide bonds. The third-order valence-corrected chi connectivity index (χ3v) is 3.22. The maximum absolute atomic E-state index is 11.6. The van der Waals surface area contributed by atoms with E-state index in [1.54, 1.807) is 0 Å². The molecule has 21 heavy (non-hydrogen) atoms. The first-order chi connectivity index (χ1) is 10.2. The third kappa shape index (κ3) is 5.31. The number of rotatable bonds is 4. The van der Waals surface area contributed by atoms with Gasteiger partial charge in [-0.3, -0.25) is 4.79 Å². The zero-order valence-electron chi connectivity index (χ0n) is 12.6. The number of benzene rings is 1. The summed E-state index contributed by atoms with van der Waals surface area (Å²) >= 11 is 0. The molecular weight excluding hydrogens is 258 g/mol. The van der Waals surface area contributed by atoms with Crippen LogP contribution in [0.5, 0.6) is 0 Å². The van der Waals surface area contributed by atoms with Crippen molar-refractivity contribution in [3.8, 4) is 11.8 Å². The van der Waals surface area contributed by atoms with Crippen LogP contribution in [0.1, 0.15) is 38.7 Å². The standard InChI is InChI=1S/C19H21NO/c1-3-4-5-6-15(2)7-8-16-9-13-18(14-10-16)20-19(21)17-11-12-17/h4-6,9-10,13-14,17H,3,11-12H2,1-2H3,(H,20,21)/b5-4-,15-6+. The van der Waals surface area contributed by atoms with Gasteiger partial charge in [0.05, 0.1) is 0 Å². The Kier molecular flexibility index (Phi) is 5.40. The SMILES string of the molecule is CC/C=C\C=C(/C)C#Cc1ccc(NC(=O)C2CC2)cc1. The quantitative estimate of drug-likeness (QED) is 0.646. The predicted molar refractivity (Wildman–Crippen MR) is 87.9 cm³/mol. The van der Waals surface area contributed by atoms with Gasteiger partial charge in [0.1, 0.15) is 0 Å². The number of hydrogen-bond acceptors (Lipinski definition) is 1. The van der Waals surface area contributed by atoms with Gasteiger partial charge < -0.3 is 5.32 Å². The average molecular weight is 279 g/mol. The molecule has 0 spiro atoms. The number of amides is 1. The first-order valence-corrected chi connectivity index (χ1v) is 7.45. The fraction of sp³-hybridized carbons (Fsp3) is 0.316. The highest BCUT2D eigenvalue weighted by Crippen LogP contribution is 2.30. The maximum Gasteiger partial charge on any atom is 0.227 e. The van der Waals surface area contributed by atoms with E-state index in [0.717, 1.165) is 36.1 Å². The molecule has 1 aromatic carbocycles. The lowest BCUT2D eigenvalue weighted by molar-refractivity contribution is -0.117. The van der Waals surface area contributed by atoms with Crippen molar-refractivity contribution in [1.29, 1.82) is 0 Å². The van der Waals surface area contributed by atoms with E-state index in [1.165, 1.54) is 0 Å². The Bertz CT molecular complexity index is 607. The minimum absolute atomic E-state index is 0.135. The molecule has 2 heteroatoms. The second-order valence-corrected chi connectivity index (χ2v) is 5.28. The van der Waals surface area contributed by atoms with Gasteiger partial charge >= 0.3 is 0 Å². The van der Waals surface area contributed by atoms with E-state index in [2.05, 4.69) is 30.2 Å². The van der Waals surface area contributed by atoms with Crippen LogP contribution in [0.25, 0.3) is 0 Å². The van der Waals surface area contributed by atoms with E-state index in [4.69, 9.17) is 0 Å². The predicted octanol–water partition coefficient (Wildman–Crippen LogP) is 4.30. The second-order valence-electron chi connectivity index (χ2n) is 5.28. The average Bonchev–Trinajstić information content (AvgIpc) is 3.31. The van der Waals surface area contributed by atoms with Crippen molar-refractivity contribution in [3.05, 3.63) is 53.6 Å². The Balaban J connectivity index is 1.94. The molecule has 0 aromatic heterocycles. The zero-order chi connectivity index (χ0) is 15.1. The van der Waals surface area contributed by atoms with Crippen molar-refractivity contribution in [3.63, 3.8) is 0 Å². The molecule has 0 aliphatic heterocycles. The molecule has 0 heterocycles. The number of carbonyl (C=O) groups excluding carboxylic acids is 1. The van der Waals surface area contributed by atoms with E-state index < -0.39 is 0 Å². The fourth-order valence-corrected chi connectivity index (χ4v) is 1.79. The molecule has 0 radical (unpaired) electrons. The summed E-state index contributed by atoms with van der Waals surface area (Å²) in [6, 6.07) is 7.68. The molecular formula is C19H21NO. The van der Waals surface area contributed by atoms with Gasteiger partial charge in [-0.2, -0.15) is 0 Å². The first kappa shape index (κ1) is 15.1. The Morgan fingerprint density at radius 3 is 2.67 bits per heavy atom. The van der Waals surface area contributed by atoms with Crippen LogP contribution in [0.4, 0.5) is 5.69 Å². The van der Waals surface area contributed by atoms with Crippen LogP contribution in [0, 0.1) is 17.8 Å². The third-order valence-electron chi connectivity index (χ3n) is 3.22. The molecule has 2 nitrogen and oxygen atoms in total. The number of carbonyl (C=O) groups is 1. The highest BCUT2D eigenvalue weighted by atomic mass is 16.2. The van der Waals surface area contributed by atoms with E-state index in [1.807, 2.05) is 43.3 Å². The lowest BCUT2D eigenvalue weighted by Crippen LogP contribution is -2.12. The number of nitrogens with one attached hydrogen (secondary N) is 1. The van der Waals surface area contributed by atoms with Gasteiger partial charge in [0.2, 0.25) is 5.91 Å². The van der Waals surface area contributed by atoms with Gasteiger partial charge in [0.25, 0.3) is 0 Å². The summed E-state index contributed by atoms with van der Waals surface area (Å²) < 4.78 is 0. The van der Waals surface area contributed by atoms with Crippen LogP contribution in [0.15, 0.2) is 48.1 Å². The van der Waals surface area contributed by atoms with Gasteiger partial charge in [0.15, 0.2) is 0 Å². The number of allylic oxidation sites excluding steroid dienone is 4. The summed E-state index contributed by atoms with van der Waals surface area (Å²) in [4.78, 5) is 11.6. The molecule has 1 aliphatic carbocycles. The summed E-state index contributed by atoms with van der Waals surface area (Å²) in [5.41, 5.74) is 2.83. The van der Waals surface area contributed by atoms with Crippen molar-refractivity contribution in [2.24, 2.45) is 5.92 Å². The zero-order valence-corrected chi connectivity index (χ0v) is 12.6. The van der Waals surface area contributed by atoms with E-state index in [9.17, 15) is 4.79 Å². The number of anilines is 1. The minimum atomic E-state index is 0.135. The van der Waals surface area contributed by atoms with Gasteiger partial charge in [-0.25, -0.2) is 0 Å². The molecule has 2 rings (SSSR count). The highest BCUT2D eigenvalue weighted by Gasteiger charge is 2.29. The Morgan fingerprint density at radius 2 is 2.05 bits per heavy atom. The summed E-state index contributed by atoms with van der Waals surface area (Å²) in [6.45, 7) is 4.10. The Hall–Kier alpha value is -2.27. The molecule has 1 aliphatic rings. The molecule has 0 saturated heterocycles. The normalized spacial score (nSPS) is 14.7. The summed E-state index contributed by atoms with van der Waals surface area (Å²) in [7, 11) is 0. The maximum atomic E-state index is 11.6. The smallest absolute Gasteiger partial charge is 0.227 e. The van der Waals surface area contributed by atoms with E-state index in [-0.39, 0.29) is 11.8 Å².